The zero-order valence-corrected chi connectivity index (χ0v) is 13.6. The Morgan fingerprint density at radius 3 is 2.83 bits per heavy atom. The van der Waals surface area contributed by atoms with Crippen molar-refractivity contribution in [2.24, 2.45) is 5.92 Å². The Morgan fingerprint density at radius 1 is 1.30 bits per heavy atom. The van der Waals surface area contributed by atoms with Gasteiger partial charge in [-0.15, -0.1) is 0 Å². The summed E-state index contributed by atoms with van der Waals surface area (Å²) in [5.41, 5.74) is 0.653. The minimum atomic E-state index is -0.00577. The van der Waals surface area contributed by atoms with Crippen molar-refractivity contribution in [2.75, 3.05) is 26.2 Å². The molecule has 4 aliphatic rings. The second-order valence-electron chi connectivity index (χ2n) is 6.84. The summed E-state index contributed by atoms with van der Waals surface area (Å²) in [5.74, 6) is 2.04. The summed E-state index contributed by atoms with van der Waals surface area (Å²) in [6, 6.07) is 5.76. The summed E-state index contributed by atoms with van der Waals surface area (Å²) in [7, 11) is 0. The predicted octanol–water partition coefficient (Wildman–Crippen LogP) is 2.06. The van der Waals surface area contributed by atoms with Gasteiger partial charge >= 0.3 is 0 Å². The van der Waals surface area contributed by atoms with Crippen molar-refractivity contribution in [3.05, 3.63) is 23.8 Å². The Labute approximate surface area is 136 Å². The lowest BCUT2D eigenvalue weighted by Gasteiger charge is -2.44. The number of hydrogen-bond donors (Lipinski definition) is 1. The van der Waals surface area contributed by atoms with E-state index in [1.165, 1.54) is 25.9 Å². The third-order valence-corrected chi connectivity index (χ3v) is 5.35. The van der Waals surface area contributed by atoms with Gasteiger partial charge in [-0.1, -0.05) is 6.92 Å². The van der Waals surface area contributed by atoms with E-state index in [9.17, 15) is 4.79 Å². The van der Waals surface area contributed by atoms with Crippen LogP contribution in [0.4, 0.5) is 0 Å². The number of nitrogens with one attached hydrogen (secondary N) is 1. The standard InChI is InChI=1S/C18H24N2O3/c1-2-14-11-22-16-4-3-13(9-17(16)23-14)18(21)19-15-10-20-7-5-12(15)6-8-20/h3-4,9,12,14-15H,2,5-8,10-11H2,1H3,(H,19,21)/t14-,15-/m0/s1. The quantitative estimate of drug-likeness (QED) is 0.927. The molecule has 4 heterocycles. The second-order valence-corrected chi connectivity index (χ2v) is 6.84. The fourth-order valence-electron chi connectivity index (χ4n) is 3.84. The Balaban J connectivity index is 1.46. The zero-order chi connectivity index (χ0) is 15.8. The van der Waals surface area contributed by atoms with Crippen LogP contribution in [0.5, 0.6) is 11.5 Å². The average molecular weight is 316 g/mol. The van der Waals surface area contributed by atoms with Gasteiger partial charge in [0.05, 0.1) is 0 Å². The number of fused-ring (bicyclic) bond motifs is 4. The van der Waals surface area contributed by atoms with E-state index in [-0.39, 0.29) is 18.1 Å². The highest BCUT2D eigenvalue weighted by atomic mass is 16.6. The number of carbonyl (C=O) groups excluding carboxylic acids is 1. The Morgan fingerprint density at radius 2 is 2.13 bits per heavy atom. The number of carbonyl (C=O) groups is 1. The van der Waals surface area contributed by atoms with Gasteiger partial charge in [0.25, 0.3) is 5.91 Å². The molecule has 1 aromatic rings. The lowest BCUT2D eigenvalue weighted by atomic mass is 9.84. The molecule has 0 saturated carbocycles. The van der Waals surface area contributed by atoms with Gasteiger partial charge in [0.2, 0.25) is 0 Å². The molecule has 4 aliphatic heterocycles. The number of nitrogens with zero attached hydrogens (tertiary/aromatic N) is 1. The van der Waals surface area contributed by atoms with Crippen LogP contribution in [0.3, 0.4) is 0 Å². The first-order chi connectivity index (χ1) is 11.2. The predicted molar refractivity (Wildman–Crippen MR) is 87.1 cm³/mol. The number of amides is 1. The fraction of sp³-hybridized carbons (Fsp3) is 0.611. The van der Waals surface area contributed by atoms with Crippen molar-refractivity contribution in [3.8, 4) is 11.5 Å². The van der Waals surface area contributed by atoms with Gasteiger partial charge in [-0.3, -0.25) is 4.79 Å². The molecule has 5 rings (SSSR count). The summed E-state index contributed by atoms with van der Waals surface area (Å²) in [4.78, 5) is 15.0. The molecule has 2 bridgehead atoms. The van der Waals surface area contributed by atoms with Crippen LogP contribution in [0.25, 0.3) is 0 Å². The smallest absolute Gasteiger partial charge is 0.251 e. The molecule has 5 nitrogen and oxygen atoms in total. The Hall–Kier alpha value is -1.75. The lowest BCUT2D eigenvalue weighted by Crippen LogP contribution is -2.57. The monoisotopic (exact) mass is 316 g/mol. The van der Waals surface area contributed by atoms with Crippen LogP contribution >= 0.6 is 0 Å². The highest BCUT2D eigenvalue weighted by Crippen LogP contribution is 2.33. The molecule has 1 amide bonds. The Bertz CT molecular complexity index is 596. The summed E-state index contributed by atoms with van der Waals surface area (Å²) in [6.07, 6.45) is 3.37. The molecule has 1 aromatic carbocycles. The Kier molecular flexibility index (Phi) is 3.89. The molecule has 0 aromatic heterocycles. The van der Waals surface area contributed by atoms with E-state index in [4.69, 9.17) is 9.47 Å². The molecule has 0 radical (unpaired) electrons. The molecule has 23 heavy (non-hydrogen) atoms. The van der Waals surface area contributed by atoms with E-state index in [1.807, 2.05) is 18.2 Å². The summed E-state index contributed by atoms with van der Waals surface area (Å²) >= 11 is 0. The van der Waals surface area contributed by atoms with Crippen LogP contribution in [-0.2, 0) is 0 Å². The van der Waals surface area contributed by atoms with E-state index in [0.717, 1.165) is 18.7 Å². The van der Waals surface area contributed by atoms with Crippen LogP contribution in [0.1, 0.15) is 36.5 Å². The van der Waals surface area contributed by atoms with Crippen molar-refractivity contribution < 1.29 is 14.3 Å². The average Bonchev–Trinajstić information content (AvgIpc) is 2.61. The molecule has 0 unspecified atom stereocenters. The fourth-order valence-corrected chi connectivity index (χ4v) is 3.84. The minimum absolute atomic E-state index is 0.00577. The highest BCUT2D eigenvalue weighted by Gasteiger charge is 2.35. The van der Waals surface area contributed by atoms with Gasteiger partial charge in [0, 0.05) is 18.2 Å². The molecule has 0 spiro atoms. The molecular formula is C18H24N2O3. The highest BCUT2D eigenvalue weighted by molar-refractivity contribution is 5.95. The first-order valence-electron chi connectivity index (χ1n) is 8.69. The van der Waals surface area contributed by atoms with Gasteiger partial charge in [-0.05, 0) is 56.5 Å². The molecule has 124 valence electrons. The van der Waals surface area contributed by atoms with E-state index in [1.54, 1.807) is 0 Å². The van der Waals surface area contributed by atoms with E-state index >= 15 is 0 Å². The van der Waals surface area contributed by atoms with Crippen molar-refractivity contribution in [1.29, 1.82) is 0 Å². The summed E-state index contributed by atoms with van der Waals surface area (Å²) < 4.78 is 11.6. The van der Waals surface area contributed by atoms with Crippen molar-refractivity contribution in [1.82, 2.24) is 10.2 Å². The van der Waals surface area contributed by atoms with Gasteiger partial charge in [-0.25, -0.2) is 0 Å². The van der Waals surface area contributed by atoms with Gasteiger partial charge in [0.1, 0.15) is 12.7 Å². The topological polar surface area (TPSA) is 50.8 Å². The van der Waals surface area contributed by atoms with E-state index < -0.39 is 0 Å². The first kappa shape index (κ1) is 14.8. The molecular weight excluding hydrogens is 292 g/mol. The lowest BCUT2D eigenvalue weighted by molar-refractivity contribution is 0.0618. The van der Waals surface area contributed by atoms with E-state index in [2.05, 4.69) is 17.1 Å². The minimum Gasteiger partial charge on any atom is -0.486 e. The van der Waals surface area contributed by atoms with Crippen molar-refractivity contribution in [3.63, 3.8) is 0 Å². The van der Waals surface area contributed by atoms with Gasteiger partial charge < -0.3 is 19.7 Å². The molecule has 3 saturated heterocycles. The maximum atomic E-state index is 12.6. The van der Waals surface area contributed by atoms with Crippen LogP contribution in [0, 0.1) is 5.92 Å². The van der Waals surface area contributed by atoms with Crippen LogP contribution < -0.4 is 14.8 Å². The second kappa shape index (κ2) is 6.04. The third-order valence-electron chi connectivity index (χ3n) is 5.35. The van der Waals surface area contributed by atoms with Crippen LogP contribution in [0.2, 0.25) is 0 Å². The van der Waals surface area contributed by atoms with Crippen LogP contribution in [-0.4, -0.2) is 49.2 Å². The number of piperidine rings is 3. The molecule has 5 heteroatoms. The zero-order valence-electron chi connectivity index (χ0n) is 13.6. The molecule has 1 N–H and O–H groups in total. The third kappa shape index (κ3) is 2.90. The largest absolute Gasteiger partial charge is 0.486 e. The molecule has 3 fully saturated rings. The first-order valence-corrected chi connectivity index (χ1v) is 8.69. The van der Waals surface area contributed by atoms with Crippen molar-refractivity contribution in [2.45, 2.75) is 38.3 Å². The summed E-state index contributed by atoms with van der Waals surface area (Å²) in [5, 5.41) is 3.22. The maximum Gasteiger partial charge on any atom is 0.251 e. The van der Waals surface area contributed by atoms with E-state index in [0.29, 0.717) is 23.8 Å². The van der Waals surface area contributed by atoms with Crippen LogP contribution in [0.15, 0.2) is 18.2 Å². The molecule has 0 aliphatic carbocycles. The van der Waals surface area contributed by atoms with Gasteiger partial charge in [0.15, 0.2) is 11.5 Å². The van der Waals surface area contributed by atoms with Gasteiger partial charge in [-0.2, -0.15) is 0 Å². The normalized spacial score (nSPS) is 31.7. The number of ether oxygens (including phenoxy) is 2. The summed E-state index contributed by atoms with van der Waals surface area (Å²) in [6.45, 7) is 6.00. The number of rotatable bonds is 3. The number of benzene rings is 1. The maximum absolute atomic E-state index is 12.6. The SMILES string of the molecule is CC[C@H]1COc2ccc(C(=O)N[C@H]3CN4CCC3CC4)cc2O1. The van der Waals surface area contributed by atoms with Crippen molar-refractivity contribution >= 4 is 5.91 Å². The number of hydrogen-bond acceptors (Lipinski definition) is 4. The molecule has 2 atom stereocenters.